The molecule has 0 aromatic carbocycles. The minimum atomic E-state index is 0.519. The largest absolute Gasteiger partial charge is 0.307 e. The molecule has 4 nitrogen and oxygen atoms in total. The molecular formula is C12H16N4S. The Bertz CT molecular complexity index is 489. The zero-order chi connectivity index (χ0) is 11.7. The number of aryl methyl sites for hydroxylation is 2. The van der Waals surface area contributed by atoms with E-state index in [-0.39, 0.29) is 0 Å². The van der Waals surface area contributed by atoms with Crippen LogP contribution >= 0.6 is 11.3 Å². The SMILES string of the molecule is Cc1nc2n(n1)CC(NCc1cccs1)CC2. The summed E-state index contributed by atoms with van der Waals surface area (Å²) >= 11 is 1.80. The normalized spacial score (nSPS) is 19.2. The molecule has 1 N–H and O–H groups in total. The zero-order valence-corrected chi connectivity index (χ0v) is 10.7. The second-order valence-corrected chi connectivity index (χ2v) is 5.49. The van der Waals surface area contributed by atoms with Crippen molar-refractivity contribution in [2.24, 2.45) is 0 Å². The van der Waals surface area contributed by atoms with Crippen LogP contribution in [0, 0.1) is 6.92 Å². The monoisotopic (exact) mass is 248 g/mol. The predicted octanol–water partition coefficient (Wildman–Crippen LogP) is 1.75. The number of thiophene rings is 1. The molecule has 1 atom stereocenters. The van der Waals surface area contributed by atoms with E-state index in [2.05, 4.69) is 32.9 Å². The van der Waals surface area contributed by atoms with E-state index in [1.165, 1.54) is 4.88 Å². The van der Waals surface area contributed by atoms with Crippen LogP contribution in [0.25, 0.3) is 0 Å². The van der Waals surface area contributed by atoms with Gasteiger partial charge in [-0.1, -0.05) is 6.07 Å². The van der Waals surface area contributed by atoms with Crippen LogP contribution in [0.1, 0.15) is 22.9 Å². The Morgan fingerprint density at radius 2 is 2.53 bits per heavy atom. The lowest BCUT2D eigenvalue weighted by Crippen LogP contribution is -2.37. The summed E-state index contributed by atoms with van der Waals surface area (Å²) in [6, 6.07) is 4.79. The average Bonchev–Trinajstić information content (AvgIpc) is 2.92. The van der Waals surface area contributed by atoms with Crippen LogP contribution in [0.4, 0.5) is 0 Å². The highest BCUT2D eigenvalue weighted by molar-refractivity contribution is 7.09. The number of hydrogen-bond donors (Lipinski definition) is 1. The number of nitrogens with one attached hydrogen (secondary N) is 1. The molecule has 0 radical (unpaired) electrons. The van der Waals surface area contributed by atoms with Gasteiger partial charge in [0.1, 0.15) is 11.6 Å². The fourth-order valence-electron chi connectivity index (χ4n) is 2.26. The Kier molecular flexibility index (Phi) is 2.94. The zero-order valence-electron chi connectivity index (χ0n) is 9.89. The van der Waals surface area contributed by atoms with Crippen LogP contribution in [0.5, 0.6) is 0 Å². The van der Waals surface area contributed by atoms with Crippen molar-refractivity contribution >= 4 is 11.3 Å². The molecule has 1 unspecified atom stereocenters. The number of rotatable bonds is 3. The number of aromatic nitrogens is 3. The van der Waals surface area contributed by atoms with E-state index >= 15 is 0 Å². The van der Waals surface area contributed by atoms with Gasteiger partial charge in [0.2, 0.25) is 0 Å². The molecule has 5 heteroatoms. The topological polar surface area (TPSA) is 42.7 Å². The fourth-order valence-corrected chi connectivity index (χ4v) is 2.91. The van der Waals surface area contributed by atoms with Gasteiger partial charge in [0.25, 0.3) is 0 Å². The third-order valence-corrected chi connectivity index (χ3v) is 3.99. The molecule has 0 saturated heterocycles. The molecule has 0 amide bonds. The van der Waals surface area contributed by atoms with E-state index in [1.54, 1.807) is 11.3 Å². The Morgan fingerprint density at radius 1 is 1.59 bits per heavy atom. The molecule has 0 fully saturated rings. The summed E-state index contributed by atoms with van der Waals surface area (Å²) in [5.74, 6) is 2.02. The summed E-state index contributed by atoms with van der Waals surface area (Å²) in [6.45, 7) is 3.87. The van der Waals surface area contributed by atoms with E-state index in [0.717, 1.165) is 37.6 Å². The maximum Gasteiger partial charge on any atom is 0.147 e. The van der Waals surface area contributed by atoms with Gasteiger partial charge in [-0.25, -0.2) is 9.67 Å². The highest BCUT2D eigenvalue weighted by Crippen LogP contribution is 2.14. The van der Waals surface area contributed by atoms with E-state index in [0.29, 0.717) is 6.04 Å². The molecule has 3 rings (SSSR count). The quantitative estimate of drug-likeness (QED) is 0.900. The van der Waals surface area contributed by atoms with Gasteiger partial charge in [-0.15, -0.1) is 11.3 Å². The Balaban J connectivity index is 1.60. The summed E-state index contributed by atoms with van der Waals surface area (Å²) in [6.07, 6.45) is 2.19. The number of hydrogen-bond acceptors (Lipinski definition) is 4. The number of nitrogens with zero attached hydrogens (tertiary/aromatic N) is 3. The van der Waals surface area contributed by atoms with Gasteiger partial charge >= 0.3 is 0 Å². The van der Waals surface area contributed by atoms with Gasteiger partial charge in [-0.3, -0.25) is 0 Å². The molecule has 17 heavy (non-hydrogen) atoms. The number of fused-ring (bicyclic) bond motifs is 1. The van der Waals surface area contributed by atoms with Crippen LogP contribution in [-0.2, 0) is 19.5 Å². The first kappa shape index (κ1) is 10.9. The lowest BCUT2D eigenvalue weighted by molar-refractivity contribution is 0.358. The van der Waals surface area contributed by atoms with Gasteiger partial charge in [0, 0.05) is 23.9 Å². The van der Waals surface area contributed by atoms with Crippen molar-refractivity contribution in [1.29, 1.82) is 0 Å². The molecule has 0 saturated carbocycles. The van der Waals surface area contributed by atoms with Crippen molar-refractivity contribution in [1.82, 2.24) is 20.1 Å². The molecule has 2 aromatic rings. The second kappa shape index (κ2) is 4.58. The highest BCUT2D eigenvalue weighted by atomic mass is 32.1. The van der Waals surface area contributed by atoms with Crippen LogP contribution in [0.15, 0.2) is 17.5 Å². The Hall–Kier alpha value is -1.20. The molecule has 1 aliphatic heterocycles. The van der Waals surface area contributed by atoms with Gasteiger partial charge in [-0.2, -0.15) is 5.10 Å². The molecule has 0 aliphatic carbocycles. The molecule has 0 bridgehead atoms. The summed E-state index contributed by atoms with van der Waals surface area (Å²) in [5.41, 5.74) is 0. The molecule has 0 spiro atoms. The minimum absolute atomic E-state index is 0.519. The summed E-state index contributed by atoms with van der Waals surface area (Å²) < 4.78 is 2.05. The average molecular weight is 248 g/mol. The van der Waals surface area contributed by atoms with Gasteiger partial charge in [0.05, 0.1) is 6.54 Å². The maximum absolute atomic E-state index is 4.42. The second-order valence-electron chi connectivity index (χ2n) is 4.45. The van der Waals surface area contributed by atoms with Crippen molar-refractivity contribution in [3.63, 3.8) is 0 Å². The highest BCUT2D eigenvalue weighted by Gasteiger charge is 2.20. The molecule has 3 heterocycles. The standard InChI is InChI=1S/C12H16N4S/c1-9-14-12-5-4-10(8-16(12)15-9)13-7-11-3-2-6-17-11/h2-3,6,10,13H,4-5,7-8H2,1H3. The Morgan fingerprint density at radius 3 is 3.35 bits per heavy atom. The van der Waals surface area contributed by atoms with Gasteiger partial charge < -0.3 is 5.32 Å². The van der Waals surface area contributed by atoms with E-state index in [1.807, 2.05) is 11.6 Å². The van der Waals surface area contributed by atoms with E-state index in [9.17, 15) is 0 Å². The maximum atomic E-state index is 4.42. The summed E-state index contributed by atoms with van der Waals surface area (Å²) in [4.78, 5) is 5.82. The van der Waals surface area contributed by atoms with Crippen LogP contribution in [0.3, 0.4) is 0 Å². The smallest absolute Gasteiger partial charge is 0.147 e. The molecule has 1 aliphatic rings. The lowest BCUT2D eigenvalue weighted by atomic mass is 10.1. The van der Waals surface area contributed by atoms with Crippen molar-refractivity contribution in [3.8, 4) is 0 Å². The van der Waals surface area contributed by atoms with Gasteiger partial charge in [-0.05, 0) is 24.8 Å². The van der Waals surface area contributed by atoms with E-state index < -0.39 is 0 Å². The summed E-state index contributed by atoms with van der Waals surface area (Å²) in [5, 5.41) is 10.1. The van der Waals surface area contributed by atoms with E-state index in [4.69, 9.17) is 0 Å². The first-order chi connectivity index (χ1) is 8.31. The fraction of sp³-hybridized carbons (Fsp3) is 0.500. The molecule has 90 valence electrons. The third kappa shape index (κ3) is 2.40. The Labute approximate surface area is 105 Å². The van der Waals surface area contributed by atoms with Crippen molar-refractivity contribution in [2.75, 3.05) is 0 Å². The van der Waals surface area contributed by atoms with Crippen molar-refractivity contribution in [2.45, 2.75) is 38.9 Å². The van der Waals surface area contributed by atoms with Crippen molar-refractivity contribution in [3.05, 3.63) is 34.0 Å². The minimum Gasteiger partial charge on any atom is -0.307 e. The lowest BCUT2D eigenvalue weighted by Gasteiger charge is -2.23. The first-order valence-electron chi connectivity index (χ1n) is 5.97. The predicted molar refractivity (Wildman–Crippen MR) is 68.0 cm³/mol. The van der Waals surface area contributed by atoms with Gasteiger partial charge in [0.15, 0.2) is 0 Å². The molecular weight excluding hydrogens is 232 g/mol. The van der Waals surface area contributed by atoms with Crippen LogP contribution in [-0.4, -0.2) is 20.8 Å². The van der Waals surface area contributed by atoms with Crippen molar-refractivity contribution < 1.29 is 0 Å². The van der Waals surface area contributed by atoms with Crippen LogP contribution in [0.2, 0.25) is 0 Å². The third-order valence-electron chi connectivity index (χ3n) is 3.11. The van der Waals surface area contributed by atoms with Crippen LogP contribution < -0.4 is 5.32 Å². The molecule has 2 aromatic heterocycles. The first-order valence-corrected chi connectivity index (χ1v) is 6.85. The summed E-state index contributed by atoms with van der Waals surface area (Å²) in [7, 11) is 0.